The van der Waals surface area contributed by atoms with Crippen LogP contribution in [0.5, 0.6) is 0 Å². The summed E-state index contributed by atoms with van der Waals surface area (Å²) in [6.45, 7) is 4.89. The SMILES string of the molecule is CC(c1ccc2scnc2c1)N1CCN(C)C(=N)C1. The number of fused-ring (bicyclic) bond motifs is 1. The summed E-state index contributed by atoms with van der Waals surface area (Å²) in [6, 6.07) is 6.85. The fourth-order valence-corrected chi connectivity index (χ4v) is 3.14. The molecule has 2 aromatic rings. The van der Waals surface area contributed by atoms with Gasteiger partial charge in [0.05, 0.1) is 22.3 Å². The van der Waals surface area contributed by atoms with E-state index >= 15 is 0 Å². The molecule has 2 heterocycles. The summed E-state index contributed by atoms with van der Waals surface area (Å²) in [7, 11) is 1.99. The van der Waals surface area contributed by atoms with Gasteiger partial charge in [0.1, 0.15) is 5.84 Å². The first-order valence-corrected chi connectivity index (χ1v) is 7.39. The number of nitrogens with one attached hydrogen (secondary N) is 1. The maximum atomic E-state index is 7.96. The van der Waals surface area contributed by atoms with Gasteiger partial charge in [0.2, 0.25) is 0 Å². The van der Waals surface area contributed by atoms with E-state index in [4.69, 9.17) is 5.41 Å². The molecule has 19 heavy (non-hydrogen) atoms. The van der Waals surface area contributed by atoms with Crippen LogP contribution in [0.4, 0.5) is 0 Å². The Morgan fingerprint density at radius 1 is 1.37 bits per heavy atom. The van der Waals surface area contributed by atoms with Crippen molar-refractivity contribution in [3.8, 4) is 0 Å². The molecule has 0 saturated carbocycles. The molecule has 4 nitrogen and oxygen atoms in total. The second kappa shape index (κ2) is 4.90. The molecule has 1 aromatic heterocycles. The summed E-state index contributed by atoms with van der Waals surface area (Å²) in [6.07, 6.45) is 0. The number of benzene rings is 1. The van der Waals surface area contributed by atoms with Crippen LogP contribution < -0.4 is 0 Å². The van der Waals surface area contributed by atoms with Gasteiger partial charge in [-0.1, -0.05) is 6.07 Å². The molecule has 1 unspecified atom stereocenters. The largest absolute Gasteiger partial charge is 0.361 e. The molecular weight excluding hydrogens is 256 g/mol. The summed E-state index contributed by atoms with van der Waals surface area (Å²) in [4.78, 5) is 8.76. The molecule has 0 spiro atoms. The van der Waals surface area contributed by atoms with Gasteiger partial charge in [0, 0.05) is 26.2 Å². The third-order valence-corrected chi connectivity index (χ3v) is 4.73. The highest BCUT2D eigenvalue weighted by atomic mass is 32.1. The number of aromatic nitrogens is 1. The van der Waals surface area contributed by atoms with Crippen LogP contribution in [-0.4, -0.2) is 47.3 Å². The van der Waals surface area contributed by atoms with Crippen LogP contribution in [0.3, 0.4) is 0 Å². The molecule has 1 saturated heterocycles. The average molecular weight is 274 g/mol. The average Bonchev–Trinajstić information content (AvgIpc) is 2.88. The molecule has 0 amide bonds. The van der Waals surface area contributed by atoms with Gasteiger partial charge in [-0.2, -0.15) is 0 Å². The zero-order chi connectivity index (χ0) is 13.4. The zero-order valence-corrected chi connectivity index (χ0v) is 12.1. The van der Waals surface area contributed by atoms with Crippen molar-refractivity contribution in [1.82, 2.24) is 14.8 Å². The zero-order valence-electron chi connectivity index (χ0n) is 11.3. The Labute approximate surface area is 117 Å². The van der Waals surface area contributed by atoms with Gasteiger partial charge in [0.25, 0.3) is 0 Å². The molecule has 0 aliphatic carbocycles. The second-order valence-electron chi connectivity index (χ2n) is 5.09. The van der Waals surface area contributed by atoms with Crippen LogP contribution in [0.25, 0.3) is 10.2 Å². The monoisotopic (exact) mass is 274 g/mol. The van der Waals surface area contributed by atoms with Crippen molar-refractivity contribution < 1.29 is 0 Å². The summed E-state index contributed by atoms with van der Waals surface area (Å²) >= 11 is 1.68. The van der Waals surface area contributed by atoms with Crippen molar-refractivity contribution in [2.75, 3.05) is 26.7 Å². The summed E-state index contributed by atoms with van der Waals surface area (Å²) in [5.74, 6) is 0.702. The molecular formula is C14H18N4S. The molecule has 0 radical (unpaired) electrons. The number of hydrogen-bond donors (Lipinski definition) is 1. The molecule has 1 N–H and O–H groups in total. The van der Waals surface area contributed by atoms with Gasteiger partial charge >= 0.3 is 0 Å². The smallest absolute Gasteiger partial charge is 0.110 e. The minimum Gasteiger partial charge on any atom is -0.361 e. The van der Waals surface area contributed by atoms with Crippen LogP contribution in [-0.2, 0) is 0 Å². The third-order valence-electron chi connectivity index (χ3n) is 3.92. The number of nitrogens with zero attached hydrogens (tertiary/aromatic N) is 3. The van der Waals surface area contributed by atoms with Gasteiger partial charge in [-0.15, -0.1) is 11.3 Å². The second-order valence-corrected chi connectivity index (χ2v) is 5.98. The van der Waals surface area contributed by atoms with Crippen LogP contribution in [0.15, 0.2) is 23.7 Å². The standard InChI is InChI=1S/C14H18N4S/c1-10(18-6-5-17(2)14(15)8-18)11-3-4-13-12(7-11)16-9-19-13/h3-4,7,9-10,15H,5-6,8H2,1-2H3. The lowest BCUT2D eigenvalue weighted by molar-refractivity contribution is 0.193. The normalized spacial score (nSPS) is 19.1. The summed E-state index contributed by atoms with van der Waals surface area (Å²) in [5.41, 5.74) is 4.26. The van der Waals surface area contributed by atoms with Crippen LogP contribution in [0.2, 0.25) is 0 Å². The minimum absolute atomic E-state index is 0.333. The van der Waals surface area contributed by atoms with Gasteiger partial charge in [-0.25, -0.2) is 4.98 Å². The Balaban J connectivity index is 1.82. The highest BCUT2D eigenvalue weighted by Crippen LogP contribution is 2.26. The Hall–Kier alpha value is -1.46. The first kappa shape index (κ1) is 12.6. The minimum atomic E-state index is 0.333. The van der Waals surface area contributed by atoms with E-state index in [1.54, 1.807) is 11.3 Å². The van der Waals surface area contributed by atoms with E-state index in [1.165, 1.54) is 10.3 Å². The van der Waals surface area contributed by atoms with Gasteiger partial charge in [0.15, 0.2) is 0 Å². The molecule has 1 fully saturated rings. The molecule has 1 aliphatic rings. The lowest BCUT2D eigenvalue weighted by Crippen LogP contribution is -2.48. The number of rotatable bonds is 2. The fraction of sp³-hybridized carbons (Fsp3) is 0.429. The summed E-state index contributed by atoms with van der Waals surface area (Å²) in [5, 5.41) is 7.96. The molecule has 3 rings (SSSR count). The maximum Gasteiger partial charge on any atom is 0.110 e. The van der Waals surface area contributed by atoms with Crippen LogP contribution in [0.1, 0.15) is 18.5 Å². The van der Waals surface area contributed by atoms with E-state index in [2.05, 4.69) is 35.0 Å². The van der Waals surface area contributed by atoms with E-state index in [-0.39, 0.29) is 0 Å². The third kappa shape index (κ3) is 2.35. The van der Waals surface area contributed by atoms with Crippen molar-refractivity contribution in [2.24, 2.45) is 0 Å². The van der Waals surface area contributed by atoms with Crippen molar-refractivity contribution in [2.45, 2.75) is 13.0 Å². The van der Waals surface area contributed by atoms with Crippen molar-refractivity contribution in [3.63, 3.8) is 0 Å². The predicted molar refractivity (Wildman–Crippen MR) is 80.0 cm³/mol. The summed E-state index contributed by atoms with van der Waals surface area (Å²) < 4.78 is 1.24. The lowest BCUT2D eigenvalue weighted by Gasteiger charge is -2.37. The van der Waals surface area contributed by atoms with Gasteiger partial charge < -0.3 is 4.90 Å². The van der Waals surface area contributed by atoms with E-state index in [1.807, 2.05) is 17.5 Å². The highest BCUT2D eigenvalue weighted by Gasteiger charge is 2.23. The fourth-order valence-electron chi connectivity index (χ4n) is 2.48. The predicted octanol–water partition coefficient (Wildman–Crippen LogP) is 2.58. The van der Waals surface area contributed by atoms with Crippen LogP contribution in [0, 0.1) is 5.41 Å². The number of piperazine rings is 1. The maximum absolute atomic E-state index is 7.96. The Kier molecular flexibility index (Phi) is 3.24. The highest BCUT2D eigenvalue weighted by molar-refractivity contribution is 7.16. The molecule has 1 aromatic carbocycles. The molecule has 1 atom stereocenters. The van der Waals surface area contributed by atoms with Gasteiger partial charge in [-0.05, 0) is 24.6 Å². The quantitative estimate of drug-likeness (QED) is 0.915. The van der Waals surface area contributed by atoms with Gasteiger partial charge in [-0.3, -0.25) is 10.3 Å². The number of hydrogen-bond acceptors (Lipinski definition) is 4. The lowest BCUT2D eigenvalue weighted by atomic mass is 10.1. The van der Waals surface area contributed by atoms with Crippen molar-refractivity contribution in [1.29, 1.82) is 5.41 Å². The van der Waals surface area contributed by atoms with Crippen molar-refractivity contribution in [3.05, 3.63) is 29.3 Å². The molecule has 0 bridgehead atoms. The van der Waals surface area contributed by atoms with Crippen molar-refractivity contribution >= 4 is 27.4 Å². The topological polar surface area (TPSA) is 43.2 Å². The number of thiazole rings is 1. The Bertz CT molecular complexity index is 606. The van der Waals surface area contributed by atoms with E-state index in [0.717, 1.165) is 25.2 Å². The Morgan fingerprint density at radius 2 is 2.21 bits per heavy atom. The van der Waals surface area contributed by atoms with E-state index in [0.29, 0.717) is 11.9 Å². The Morgan fingerprint density at radius 3 is 3.00 bits per heavy atom. The number of likely N-dealkylation sites (N-methyl/N-ethyl adjacent to an activating group) is 1. The van der Waals surface area contributed by atoms with E-state index in [9.17, 15) is 0 Å². The first-order valence-electron chi connectivity index (χ1n) is 6.51. The molecule has 5 heteroatoms. The first-order chi connectivity index (χ1) is 9.15. The van der Waals surface area contributed by atoms with E-state index < -0.39 is 0 Å². The molecule has 1 aliphatic heterocycles. The van der Waals surface area contributed by atoms with Crippen LogP contribution >= 0.6 is 11.3 Å². The number of amidine groups is 1. The molecule has 100 valence electrons.